The van der Waals surface area contributed by atoms with Gasteiger partial charge in [-0.05, 0) is 37.6 Å². The van der Waals surface area contributed by atoms with Gasteiger partial charge in [-0.25, -0.2) is 4.79 Å². The van der Waals surface area contributed by atoms with E-state index in [9.17, 15) is 19.2 Å². The maximum absolute atomic E-state index is 12.1. The number of amides is 3. The van der Waals surface area contributed by atoms with Crippen LogP contribution < -0.4 is 5.32 Å². The molecule has 1 N–H and O–H groups in total. The minimum atomic E-state index is -0.683. The SMILES string of the molecule is CCCN1C(=O)S[C@@H](CC(=O)Nc2ccc(C(=O)OCC)cc2)C1=O. The van der Waals surface area contributed by atoms with Gasteiger partial charge in [-0.15, -0.1) is 0 Å². The third kappa shape index (κ3) is 4.82. The van der Waals surface area contributed by atoms with Gasteiger partial charge in [0.05, 0.1) is 12.2 Å². The van der Waals surface area contributed by atoms with Crippen LogP contribution in [0.15, 0.2) is 24.3 Å². The molecule has 0 unspecified atom stereocenters. The average Bonchev–Trinajstić information content (AvgIpc) is 2.83. The van der Waals surface area contributed by atoms with Gasteiger partial charge in [0, 0.05) is 18.7 Å². The van der Waals surface area contributed by atoms with Crippen LogP contribution in [-0.2, 0) is 14.3 Å². The predicted octanol–water partition coefficient (Wildman–Crippen LogP) is 2.67. The highest BCUT2D eigenvalue weighted by atomic mass is 32.2. The largest absolute Gasteiger partial charge is 0.462 e. The number of esters is 1. The molecule has 1 aromatic rings. The Morgan fingerprint density at radius 2 is 1.88 bits per heavy atom. The minimum Gasteiger partial charge on any atom is -0.462 e. The van der Waals surface area contributed by atoms with E-state index in [2.05, 4.69) is 5.32 Å². The zero-order valence-electron chi connectivity index (χ0n) is 14.1. The smallest absolute Gasteiger partial charge is 0.338 e. The number of nitrogens with one attached hydrogen (secondary N) is 1. The molecule has 0 aromatic heterocycles. The number of nitrogens with zero attached hydrogens (tertiary/aromatic N) is 1. The van der Waals surface area contributed by atoms with Gasteiger partial charge < -0.3 is 10.1 Å². The Balaban J connectivity index is 1.91. The summed E-state index contributed by atoms with van der Waals surface area (Å²) >= 11 is 0.888. The first-order valence-corrected chi connectivity index (χ1v) is 8.93. The summed E-state index contributed by atoms with van der Waals surface area (Å²) in [5.74, 6) is -1.10. The normalized spacial score (nSPS) is 16.9. The van der Waals surface area contributed by atoms with E-state index in [1.165, 1.54) is 4.90 Å². The number of thioether (sulfide) groups is 1. The lowest BCUT2D eigenvalue weighted by atomic mass is 10.2. The molecule has 1 heterocycles. The van der Waals surface area contributed by atoms with Gasteiger partial charge in [-0.1, -0.05) is 18.7 Å². The van der Waals surface area contributed by atoms with Crippen LogP contribution in [0.4, 0.5) is 10.5 Å². The molecule has 0 bridgehead atoms. The number of benzene rings is 1. The third-order valence-corrected chi connectivity index (χ3v) is 4.58. The van der Waals surface area contributed by atoms with Gasteiger partial charge in [0.1, 0.15) is 5.25 Å². The monoisotopic (exact) mass is 364 g/mol. The second-order valence-corrected chi connectivity index (χ2v) is 6.57. The number of ether oxygens (including phenoxy) is 1. The lowest BCUT2D eigenvalue weighted by Gasteiger charge is -2.12. The van der Waals surface area contributed by atoms with Crippen LogP contribution in [0.3, 0.4) is 0 Å². The van der Waals surface area contributed by atoms with E-state index in [0.717, 1.165) is 11.8 Å². The Kier molecular flexibility index (Phi) is 6.58. The Bertz CT molecular complexity index is 674. The number of carbonyl (C=O) groups excluding carboxylic acids is 4. The highest BCUT2D eigenvalue weighted by Gasteiger charge is 2.39. The average molecular weight is 364 g/mol. The molecule has 1 aliphatic heterocycles. The van der Waals surface area contributed by atoms with Crippen LogP contribution in [0.5, 0.6) is 0 Å². The fraction of sp³-hybridized carbons (Fsp3) is 0.412. The van der Waals surface area contributed by atoms with Gasteiger partial charge in [-0.3, -0.25) is 19.3 Å². The van der Waals surface area contributed by atoms with Crippen molar-refractivity contribution in [3.63, 3.8) is 0 Å². The zero-order chi connectivity index (χ0) is 18.4. The lowest BCUT2D eigenvalue weighted by molar-refractivity contribution is -0.128. The molecule has 0 radical (unpaired) electrons. The van der Waals surface area contributed by atoms with Crippen LogP contribution in [0.1, 0.15) is 37.0 Å². The highest BCUT2D eigenvalue weighted by Crippen LogP contribution is 2.29. The van der Waals surface area contributed by atoms with Gasteiger partial charge >= 0.3 is 5.97 Å². The molecule has 0 saturated carbocycles. The van der Waals surface area contributed by atoms with E-state index >= 15 is 0 Å². The Hall–Kier alpha value is -2.35. The molecular weight excluding hydrogens is 344 g/mol. The predicted molar refractivity (Wildman–Crippen MR) is 94.4 cm³/mol. The van der Waals surface area contributed by atoms with E-state index in [0.29, 0.717) is 24.2 Å². The number of hydrogen-bond acceptors (Lipinski definition) is 6. The number of rotatable bonds is 7. The molecule has 134 valence electrons. The zero-order valence-corrected chi connectivity index (χ0v) is 14.9. The van der Waals surface area contributed by atoms with E-state index in [1.807, 2.05) is 6.92 Å². The molecule has 0 spiro atoms. The minimum absolute atomic E-state index is 0.0743. The molecule has 1 atom stereocenters. The maximum atomic E-state index is 12.1. The number of carbonyl (C=O) groups is 4. The molecule has 7 nitrogen and oxygen atoms in total. The second-order valence-electron chi connectivity index (χ2n) is 5.41. The first kappa shape index (κ1) is 19.0. The quantitative estimate of drug-likeness (QED) is 0.748. The van der Waals surface area contributed by atoms with Crippen molar-refractivity contribution in [1.82, 2.24) is 4.90 Å². The van der Waals surface area contributed by atoms with Crippen LogP contribution in [0, 0.1) is 0 Å². The molecule has 1 aromatic carbocycles. The van der Waals surface area contributed by atoms with Crippen molar-refractivity contribution in [1.29, 1.82) is 0 Å². The standard InChI is InChI=1S/C17H20N2O5S/c1-3-9-19-15(21)13(25-17(19)23)10-14(20)18-12-7-5-11(6-8-12)16(22)24-4-2/h5-8,13H,3-4,9-10H2,1-2H3,(H,18,20)/t13-/m0/s1. The summed E-state index contributed by atoms with van der Waals surface area (Å²) in [7, 11) is 0. The van der Waals surface area contributed by atoms with E-state index < -0.39 is 11.2 Å². The summed E-state index contributed by atoms with van der Waals surface area (Å²) in [5, 5.41) is 1.68. The van der Waals surface area contributed by atoms with Crippen molar-refractivity contribution in [2.75, 3.05) is 18.5 Å². The van der Waals surface area contributed by atoms with E-state index in [-0.39, 0.29) is 30.1 Å². The second kappa shape index (κ2) is 8.66. The van der Waals surface area contributed by atoms with E-state index in [4.69, 9.17) is 4.74 Å². The fourth-order valence-corrected chi connectivity index (χ4v) is 3.35. The molecule has 3 amide bonds. The molecule has 2 rings (SSSR count). The molecule has 0 aliphatic carbocycles. The van der Waals surface area contributed by atoms with Crippen LogP contribution in [0.25, 0.3) is 0 Å². The number of anilines is 1. The molecule has 8 heteroatoms. The van der Waals surface area contributed by atoms with Crippen LogP contribution >= 0.6 is 11.8 Å². The number of imide groups is 1. The summed E-state index contributed by atoms with van der Waals surface area (Å²) in [6.07, 6.45) is 0.610. The Morgan fingerprint density at radius 1 is 1.20 bits per heavy atom. The van der Waals surface area contributed by atoms with Gasteiger partial charge in [0.2, 0.25) is 11.8 Å². The molecular formula is C17H20N2O5S. The maximum Gasteiger partial charge on any atom is 0.338 e. The van der Waals surface area contributed by atoms with Crippen molar-refractivity contribution in [3.8, 4) is 0 Å². The van der Waals surface area contributed by atoms with Crippen LogP contribution in [0.2, 0.25) is 0 Å². The first-order chi connectivity index (χ1) is 12.0. The molecule has 1 aliphatic rings. The fourth-order valence-electron chi connectivity index (χ4n) is 2.34. The topological polar surface area (TPSA) is 92.8 Å². The molecule has 25 heavy (non-hydrogen) atoms. The molecule has 1 fully saturated rings. The number of hydrogen-bond donors (Lipinski definition) is 1. The summed E-state index contributed by atoms with van der Waals surface area (Å²) < 4.78 is 4.89. The Labute approximate surface area is 150 Å². The first-order valence-electron chi connectivity index (χ1n) is 8.05. The van der Waals surface area contributed by atoms with Crippen molar-refractivity contribution in [3.05, 3.63) is 29.8 Å². The van der Waals surface area contributed by atoms with Crippen molar-refractivity contribution in [2.24, 2.45) is 0 Å². The van der Waals surface area contributed by atoms with E-state index in [1.54, 1.807) is 31.2 Å². The third-order valence-electron chi connectivity index (χ3n) is 3.50. The lowest BCUT2D eigenvalue weighted by Crippen LogP contribution is -2.33. The summed E-state index contributed by atoms with van der Waals surface area (Å²) in [6.45, 7) is 4.27. The summed E-state index contributed by atoms with van der Waals surface area (Å²) in [5.41, 5.74) is 0.896. The van der Waals surface area contributed by atoms with Crippen molar-refractivity contribution in [2.45, 2.75) is 31.9 Å². The Morgan fingerprint density at radius 3 is 2.48 bits per heavy atom. The van der Waals surface area contributed by atoms with Gasteiger partial charge in [0.15, 0.2) is 0 Å². The summed E-state index contributed by atoms with van der Waals surface area (Å²) in [4.78, 5) is 48.8. The summed E-state index contributed by atoms with van der Waals surface area (Å²) in [6, 6.07) is 6.27. The van der Waals surface area contributed by atoms with Crippen LogP contribution in [-0.4, -0.2) is 46.3 Å². The van der Waals surface area contributed by atoms with Gasteiger partial charge in [-0.2, -0.15) is 0 Å². The van der Waals surface area contributed by atoms with Crippen molar-refractivity contribution >= 4 is 40.5 Å². The van der Waals surface area contributed by atoms with Gasteiger partial charge in [0.25, 0.3) is 5.24 Å². The highest BCUT2D eigenvalue weighted by molar-refractivity contribution is 8.15. The van der Waals surface area contributed by atoms with Crippen molar-refractivity contribution < 1.29 is 23.9 Å². The molecule has 1 saturated heterocycles.